The normalized spacial score (nSPS) is 12.1. The van der Waals surface area contributed by atoms with Gasteiger partial charge in [0.15, 0.2) is 0 Å². The Morgan fingerprint density at radius 1 is 0.926 bits per heavy atom. The van der Waals surface area contributed by atoms with Gasteiger partial charge in [0.05, 0.1) is 12.1 Å². The van der Waals surface area contributed by atoms with Gasteiger partial charge in [-0.2, -0.15) is 5.10 Å². The molecule has 0 aliphatic rings. The summed E-state index contributed by atoms with van der Waals surface area (Å²) in [6, 6.07) is 24.1. The molecule has 27 heavy (non-hydrogen) atoms. The van der Waals surface area contributed by atoms with Gasteiger partial charge in [0.1, 0.15) is 0 Å². The zero-order chi connectivity index (χ0) is 18.9. The molecule has 0 unspecified atom stereocenters. The number of carbonyl (C=O) groups excluding carboxylic acids is 1. The Bertz CT molecular complexity index is 996. The molecule has 1 N–H and O–H groups in total. The number of carbonyl (C=O) groups is 1. The van der Waals surface area contributed by atoms with Crippen LogP contribution in [-0.2, 0) is 11.2 Å². The second kappa shape index (κ2) is 9.30. The second-order valence-electron chi connectivity index (χ2n) is 6.23. The lowest BCUT2D eigenvalue weighted by Gasteiger charge is -2.05. The fourth-order valence-corrected chi connectivity index (χ4v) is 2.77. The number of hydrogen-bond donors (Lipinski definition) is 1. The minimum absolute atomic E-state index is 0.126. The molecule has 0 saturated heterocycles. The number of hydrazone groups is 1. The smallest absolute Gasteiger partial charge is 0.244 e. The molecule has 0 heterocycles. The third-order valence-corrected chi connectivity index (χ3v) is 4.12. The molecule has 134 valence electrons. The maximum absolute atomic E-state index is 12.2. The molecule has 0 atom stereocenters. The van der Waals surface area contributed by atoms with Gasteiger partial charge in [-0.05, 0) is 34.9 Å². The van der Waals surface area contributed by atoms with E-state index in [0.717, 1.165) is 27.6 Å². The summed E-state index contributed by atoms with van der Waals surface area (Å²) in [5, 5.41) is 6.37. The molecule has 1 amide bonds. The highest BCUT2D eigenvalue weighted by Gasteiger charge is 2.05. The number of hydrogen-bond acceptors (Lipinski definition) is 2. The van der Waals surface area contributed by atoms with Crippen LogP contribution in [0.4, 0.5) is 0 Å². The molecule has 3 heteroatoms. The van der Waals surface area contributed by atoms with E-state index >= 15 is 0 Å². The zero-order valence-corrected chi connectivity index (χ0v) is 15.3. The molecule has 0 aromatic heterocycles. The lowest BCUT2D eigenvalue weighted by molar-refractivity contribution is -0.120. The van der Waals surface area contributed by atoms with Crippen LogP contribution in [0.15, 0.2) is 96.1 Å². The van der Waals surface area contributed by atoms with Gasteiger partial charge in [0, 0.05) is 0 Å². The lowest BCUT2D eigenvalue weighted by Crippen LogP contribution is -2.20. The molecule has 0 aliphatic heterocycles. The van der Waals surface area contributed by atoms with Crippen molar-refractivity contribution in [2.45, 2.75) is 13.3 Å². The van der Waals surface area contributed by atoms with E-state index in [0.29, 0.717) is 6.42 Å². The molecule has 3 aromatic carbocycles. The number of fused-ring (bicyclic) bond motifs is 1. The first kappa shape index (κ1) is 18.3. The van der Waals surface area contributed by atoms with E-state index in [1.807, 2.05) is 104 Å². The van der Waals surface area contributed by atoms with Crippen molar-refractivity contribution in [3.8, 4) is 0 Å². The fraction of sp³-hybridized carbons (Fsp3) is 0.0833. The van der Waals surface area contributed by atoms with Crippen LogP contribution < -0.4 is 5.43 Å². The summed E-state index contributed by atoms with van der Waals surface area (Å²) < 4.78 is 0. The van der Waals surface area contributed by atoms with Crippen LogP contribution in [-0.4, -0.2) is 11.6 Å². The van der Waals surface area contributed by atoms with E-state index in [9.17, 15) is 4.79 Å². The quantitative estimate of drug-likeness (QED) is 0.371. The lowest BCUT2D eigenvalue weighted by atomic mass is 10.0. The predicted octanol–water partition coefficient (Wildman–Crippen LogP) is 5.14. The molecule has 0 fully saturated rings. The SMILES string of the molecule is CC(C=CC=Cc1ccccc1)=NNC(=O)Cc1cccc2ccccc12. The monoisotopic (exact) mass is 354 g/mol. The molecule has 0 spiro atoms. The van der Waals surface area contributed by atoms with Crippen molar-refractivity contribution < 1.29 is 4.79 Å². The summed E-state index contributed by atoms with van der Waals surface area (Å²) in [6.07, 6.45) is 8.03. The zero-order valence-electron chi connectivity index (χ0n) is 15.3. The van der Waals surface area contributed by atoms with Gasteiger partial charge in [0.25, 0.3) is 0 Å². The number of benzene rings is 3. The minimum atomic E-state index is -0.126. The van der Waals surface area contributed by atoms with Gasteiger partial charge < -0.3 is 0 Å². The summed E-state index contributed by atoms with van der Waals surface area (Å²) in [4.78, 5) is 12.2. The Labute approximate surface area is 159 Å². The Kier molecular flexibility index (Phi) is 6.31. The number of nitrogens with zero attached hydrogens (tertiary/aromatic N) is 1. The van der Waals surface area contributed by atoms with Crippen molar-refractivity contribution in [1.82, 2.24) is 5.43 Å². The number of allylic oxidation sites excluding steroid dienone is 3. The summed E-state index contributed by atoms with van der Waals surface area (Å²) in [5.74, 6) is -0.126. The van der Waals surface area contributed by atoms with E-state index in [1.165, 1.54) is 0 Å². The van der Waals surface area contributed by atoms with Crippen LogP contribution in [0.2, 0.25) is 0 Å². The van der Waals surface area contributed by atoms with Crippen molar-refractivity contribution in [3.63, 3.8) is 0 Å². The van der Waals surface area contributed by atoms with E-state index in [2.05, 4.69) is 10.5 Å². The minimum Gasteiger partial charge on any atom is -0.273 e. The second-order valence-corrected chi connectivity index (χ2v) is 6.23. The van der Waals surface area contributed by atoms with Gasteiger partial charge in [0.2, 0.25) is 5.91 Å². The Hall–Kier alpha value is -3.46. The maximum Gasteiger partial charge on any atom is 0.244 e. The summed E-state index contributed by atoms with van der Waals surface area (Å²) in [5.41, 5.74) is 5.50. The van der Waals surface area contributed by atoms with Crippen molar-refractivity contribution in [2.75, 3.05) is 0 Å². The average Bonchev–Trinajstić information content (AvgIpc) is 2.71. The van der Waals surface area contributed by atoms with Gasteiger partial charge in [-0.1, -0.05) is 91.0 Å². The largest absolute Gasteiger partial charge is 0.273 e. The number of nitrogens with one attached hydrogen (secondary N) is 1. The van der Waals surface area contributed by atoms with E-state index in [-0.39, 0.29) is 5.91 Å². The van der Waals surface area contributed by atoms with Crippen LogP contribution in [0.5, 0.6) is 0 Å². The van der Waals surface area contributed by atoms with E-state index < -0.39 is 0 Å². The van der Waals surface area contributed by atoms with Crippen LogP contribution >= 0.6 is 0 Å². The van der Waals surface area contributed by atoms with Gasteiger partial charge in [-0.3, -0.25) is 4.79 Å². The molecular weight excluding hydrogens is 332 g/mol. The molecular formula is C24H22N2O. The van der Waals surface area contributed by atoms with Crippen molar-refractivity contribution in [3.05, 3.63) is 102 Å². The van der Waals surface area contributed by atoms with Crippen LogP contribution in [0.25, 0.3) is 16.8 Å². The Morgan fingerprint density at radius 3 is 2.52 bits per heavy atom. The Balaban J connectivity index is 1.56. The van der Waals surface area contributed by atoms with Crippen LogP contribution in [0, 0.1) is 0 Å². The van der Waals surface area contributed by atoms with Crippen molar-refractivity contribution in [1.29, 1.82) is 0 Å². The van der Waals surface area contributed by atoms with Gasteiger partial charge in [-0.25, -0.2) is 5.43 Å². The van der Waals surface area contributed by atoms with Crippen molar-refractivity contribution >= 4 is 28.5 Å². The average molecular weight is 354 g/mol. The third-order valence-electron chi connectivity index (χ3n) is 4.12. The number of amides is 1. The predicted molar refractivity (Wildman–Crippen MR) is 114 cm³/mol. The molecule has 0 radical (unpaired) electrons. The van der Waals surface area contributed by atoms with E-state index in [1.54, 1.807) is 0 Å². The third kappa shape index (κ3) is 5.51. The molecule has 0 bridgehead atoms. The molecule has 3 nitrogen and oxygen atoms in total. The first-order valence-electron chi connectivity index (χ1n) is 8.92. The van der Waals surface area contributed by atoms with Gasteiger partial charge in [-0.15, -0.1) is 0 Å². The molecule has 3 aromatic rings. The standard InChI is InChI=1S/C24H22N2O/c1-19(10-5-6-13-20-11-3-2-4-12-20)25-26-24(27)18-22-16-9-15-21-14-7-8-17-23(21)22/h2-17H,18H2,1H3,(H,26,27). The highest BCUT2D eigenvalue weighted by atomic mass is 16.2. The van der Waals surface area contributed by atoms with Gasteiger partial charge >= 0.3 is 0 Å². The summed E-state index contributed by atoms with van der Waals surface area (Å²) in [7, 11) is 0. The first-order chi connectivity index (χ1) is 13.2. The maximum atomic E-state index is 12.2. The first-order valence-corrected chi connectivity index (χ1v) is 8.92. The van der Waals surface area contributed by atoms with Crippen LogP contribution in [0.3, 0.4) is 0 Å². The summed E-state index contributed by atoms with van der Waals surface area (Å²) >= 11 is 0. The molecule has 3 rings (SSSR count). The molecule has 0 saturated carbocycles. The van der Waals surface area contributed by atoms with Crippen LogP contribution in [0.1, 0.15) is 18.1 Å². The van der Waals surface area contributed by atoms with Crippen molar-refractivity contribution in [2.24, 2.45) is 5.10 Å². The topological polar surface area (TPSA) is 41.5 Å². The number of rotatable bonds is 6. The highest BCUT2D eigenvalue weighted by Crippen LogP contribution is 2.18. The fourth-order valence-electron chi connectivity index (χ4n) is 2.77. The summed E-state index contributed by atoms with van der Waals surface area (Å²) in [6.45, 7) is 1.85. The highest BCUT2D eigenvalue weighted by molar-refractivity contribution is 5.94. The Morgan fingerprint density at radius 2 is 1.67 bits per heavy atom. The van der Waals surface area contributed by atoms with E-state index in [4.69, 9.17) is 0 Å². The molecule has 0 aliphatic carbocycles.